The highest BCUT2D eigenvalue weighted by atomic mass is 16.5. The van der Waals surface area contributed by atoms with Crippen molar-refractivity contribution >= 4 is 5.97 Å². The Hall–Kier alpha value is -3.47. The van der Waals surface area contributed by atoms with Gasteiger partial charge < -0.3 is 9.84 Å². The first-order chi connectivity index (χ1) is 14.5. The molecule has 0 amide bonds. The lowest BCUT2D eigenvalue weighted by Gasteiger charge is -2.23. The second kappa shape index (κ2) is 8.11. The second-order valence-electron chi connectivity index (χ2n) is 7.51. The molecule has 1 unspecified atom stereocenters. The molecule has 0 aliphatic carbocycles. The van der Waals surface area contributed by atoms with Crippen LogP contribution in [0.2, 0.25) is 0 Å². The van der Waals surface area contributed by atoms with Gasteiger partial charge in [-0.3, -0.25) is 4.99 Å². The maximum absolute atomic E-state index is 11.5. The molecule has 5 nitrogen and oxygen atoms in total. The van der Waals surface area contributed by atoms with E-state index in [1.807, 2.05) is 54.6 Å². The van der Waals surface area contributed by atoms with E-state index in [0.717, 1.165) is 40.4 Å². The van der Waals surface area contributed by atoms with Crippen LogP contribution in [0.1, 0.15) is 35.7 Å². The summed E-state index contributed by atoms with van der Waals surface area (Å²) >= 11 is 0. The molecule has 1 aliphatic heterocycles. The number of carboxylic acid groups (broad SMARTS) is 1. The van der Waals surface area contributed by atoms with Crippen LogP contribution in [0.25, 0.3) is 11.1 Å². The zero-order valence-corrected chi connectivity index (χ0v) is 17.1. The Morgan fingerprint density at radius 3 is 2.47 bits per heavy atom. The van der Waals surface area contributed by atoms with E-state index in [2.05, 4.69) is 6.92 Å². The molecule has 0 bridgehead atoms. The lowest BCUT2D eigenvalue weighted by molar-refractivity contribution is 0.0697. The molecule has 30 heavy (non-hydrogen) atoms. The number of benzene rings is 3. The van der Waals surface area contributed by atoms with Crippen LogP contribution in [0.15, 0.2) is 76.7 Å². The van der Waals surface area contributed by atoms with Crippen LogP contribution in [0, 0.1) is 0 Å². The Morgan fingerprint density at radius 1 is 1.00 bits per heavy atom. The normalized spacial score (nSPS) is 17.0. The number of carbonyl (C=O) groups is 1. The number of hydrogen-bond acceptors (Lipinski definition) is 4. The summed E-state index contributed by atoms with van der Waals surface area (Å²) in [5.41, 5.74) is 2.47. The van der Waals surface area contributed by atoms with Gasteiger partial charge in [0.2, 0.25) is 0 Å². The lowest BCUT2D eigenvalue weighted by Crippen LogP contribution is -2.26. The summed E-state index contributed by atoms with van der Waals surface area (Å²) in [6.45, 7) is 2.14. The predicted octanol–water partition coefficient (Wildman–Crippen LogP) is 4.05. The van der Waals surface area contributed by atoms with Crippen molar-refractivity contribution in [2.75, 3.05) is 7.11 Å². The number of rotatable bonds is 7. The van der Waals surface area contributed by atoms with Crippen molar-refractivity contribution in [3.8, 4) is 16.9 Å². The fourth-order valence-electron chi connectivity index (χ4n) is 4.07. The minimum absolute atomic E-state index is 0.302. The van der Waals surface area contributed by atoms with E-state index in [1.54, 1.807) is 19.2 Å². The highest BCUT2D eigenvalue weighted by Crippen LogP contribution is 2.29. The van der Waals surface area contributed by atoms with Crippen LogP contribution in [-0.2, 0) is 6.42 Å². The molecule has 1 atom stereocenters. The molecular weight excluding hydrogens is 376 g/mol. The zero-order valence-electron chi connectivity index (χ0n) is 17.1. The van der Waals surface area contributed by atoms with Crippen molar-refractivity contribution in [2.24, 2.45) is 9.98 Å². The van der Waals surface area contributed by atoms with Gasteiger partial charge in [-0.15, -0.1) is 0 Å². The van der Waals surface area contributed by atoms with Gasteiger partial charge in [-0.25, -0.2) is 9.79 Å². The van der Waals surface area contributed by atoms with Crippen molar-refractivity contribution < 1.29 is 14.6 Å². The van der Waals surface area contributed by atoms with E-state index in [4.69, 9.17) is 14.7 Å². The average molecular weight is 400 g/mol. The summed E-state index contributed by atoms with van der Waals surface area (Å²) < 4.78 is 5.47. The monoisotopic (exact) mass is 400 g/mol. The maximum atomic E-state index is 11.5. The first-order valence-corrected chi connectivity index (χ1v) is 10.1. The summed E-state index contributed by atoms with van der Waals surface area (Å²) in [4.78, 5) is 21.5. The molecule has 0 aromatic heterocycles. The predicted molar refractivity (Wildman–Crippen MR) is 115 cm³/mol. The number of nitrogens with zero attached hydrogens (tertiary/aromatic N) is 2. The molecule has 3 aromatic rings. The topological polar surface area (TPSA) is 71.2 Å². The third-order valence-corrected chi connectivity index (χ3v) is 5.41. The second-order valence-corrected chi connectivity index (χ2v) is 7.51. The largest absolute Gasteiger partial charge is 0.494 e. The van der Waals surface area contributed by atoms with Gasteiger partial charge in [0.05, 0.1) is 18.0 Å². The Kier molecular flexibility index (Phi) is 5.36. The standard InChI is InChI=1S/C25H24N2O3/c1-3-15-25(26-21-9-6-10-22(30-2)23(21)27-25)16-17-11-13-18(14-12-17)19-7-4-5-8-20(19)24(28)29/h4-14H,3,15-16H2,1-2H3,(H,28,29). The van der Waals surface area contributed by atoms with Crippen LogP contribution in [0.3, 0.4) is 0 Å². The number of carboxylic acids is 1. The summed E-state index contributed by atoms with van der Waals surface area (Å²) in [5, 5.41) is 11.1. The molecule has 1 N–H and O–H groups in total. The Morgan fingerprint density at radius 2 is 1.77 bits per heavy atom. The molecule has 0 fully saturated rings. The van der Waals surface area contributed by atoms with E-state index in [9.17, 15) is 9.90 Å². The highest BCUT2D eigenvalue weighted by Gasteiger charge is 2.31. The van der Waals surface area contributed by atoms with E-state index < -0.39 is 11.6 Å². The van der Waals surface area contributed by atoms with Crippen LogP contribution in [0.4, 0.5) is 0 Å². The molecule has 5 heteroatoms. The number of aromatic carboxylic acids is 1. The number of para-hydroxylation sites is 1. The van der Waals surface area contributed by atoms with E-state index in [-0.39, 0.29) is 0 Å². The van der Waals surface area contributed by atoms with Gasteiger partial charge in [-0.2, -0.15) is 0 Å². The van der Waals surface area contributed by atoms with E-state index in [1.165, 1.54) is 0 Å². The summed E-state index contributed by atoms with van der Waals surface area (Å²) in [6.07, 6.45) is 2.49. The van der Waals surface area contributed by atoms with Crippen LogP contribution in [0.5, 0.6) is 5.75 Å². The molecule has 4 rings (SSSR count). The third kappa shape index (κ3) is 3.71. The molecular formula is C25H24N2O3. The van der Waals surface area contributed by atoms with Gasteiger partial charge in [0.1, 0.15) is 11.1 Å². The lowest BCUT2D eigenvalue weighted by atomic mass is 9.93. The van der Waals surface area contributed by atoms with Gasteiger partial charge in [-0.05, 0) is 41.3 Å². The van der Waals surface area contributed by atoms with Gasteiger partial charge >= 0.3 is 5.97 Å². The van der Waals surface area contributed by atoms with Crippen molar-refractivity contribution in [2.45, 2.75) is 31.8 Å². The molecule has 1 aliphatic rings. The quantitative estimate of drug-likeness (QED) is 0.650. The third-order valence-electron chi connectivity index (χ3n) is 5.41. The summed E-state index contributed by atoms with van der Waals surface area (Å²) in [5.74, 6) is -0.179. The number of hydrogen-bond donors (Lipinski definition) is 1. The summed E-state index contributed by atoms with van der Waals surface area (Å²) in [6, 6.07) is 20.9. The van der Waals surface area contributed by atoms with Crippen molar-refractivity contribution in [1.82, 2.24) is 0 Å². The smallest absolute Gasteiger partial charge is 0.336 e. The highest BCUT2D eigenvalue weighted by molar-refractivity contribution is 5.95. The average Bonchev–Trinajstić information content (AvgIpc) is 3.12. The SMILES string of the molecule is CCCC1(Cc2ccc(-c3ccccc3C(=O)O)cc2)N=c2cccc(OC)c2=N1. The fourth-order valence-corrected chi connectivity index (χ4v) is 4.07. The van der Waals surface area contributed by atoms with Crippen LogP contribution >= 0.6 is 0 Å². The van der Waals surface area contributed by atoms with Crippen LogP contribution in [-0.4, -0.2) is 23.8 Å². The minimum atomic E-state index is -0.924. The molecule has 1 heterocycles. The Bertz CT molecular complexity index is 1200. The molecule has 0 saturated heterocycles. The first-order valence-electron chi connectivity index (χ1n) is 10.1. The van der Waals surface area contributed by atoms with Gasteiger partial charge in [0, 0.05) is 6.42 Å². The van der Waals surface area contributed by atoms with Crippen molar-refractivity contribution in [3.63, 3.8) is 0 Å². The van der Waals surface area contributed by atoms with Crippen LogP contribution < -0.4 is 15.5 Å². The number of methoxy groups -OCH3 is 1. The minimum Gasteiger partial charge on any atom is -0.494 e. The van der Waals surface area contributed by atoms with E-state index >= 15 is 0 Å². The molecule has 0 spiro atoms. The fraction of sp³-hybridized carbons (Fsp3) is 0.240. The Balaban J connectivity index is 1.67. The number of fused-ring (bicyclic) bond motifs is 1. The molecule has 152 valence electrons. The van der Waals surface area contributed by atoms with Crippen molar-refractivity contribution in [3.05, 3.63) is 88.6 Å². The molecule has 0 radical (unpaired) electrons. The van der Waals surface area contributed by atoms with Gasteiger partial charge in [-0.1, -0.05) is 61.9 Å². The molecule has 3 aromatic carbocycles. The zero-order chi connectivity index (χ0) is 21.1. The Labute approximate surface area is 175 Å². The van der Waals surface area contributed by atoms with Gasteiger partial charge in [0.15, 0.2) is 5.66 Å². The maximum Gasteiger partial charge on any atom is 0.336 e. The first kappa shape index (κ1) is 19.8. The van der Waals surface area contributed by atoms with E-state index in [0.29, 0.717) is 17.5 Å². The number of ether oxygens (including phenoxy) is 1. The summed E-state index contributed by atoms with van der Waals surface area (Å²) in [7, 11) is 1.65. The molecule has 0 saturated carbocycles. The van der Waals surface area contributed by atoms with Crippen molar-refractivity contribution in [1.29, 1.82) is 0 Å². The van der Waals surface area contributed by atoms with Gasteiger partial charge in [0.25, 0.3) is 0 Å².